The Kier molecular flexibility index (Phi) is 3.79. The van der Waals surface area contributed by atoms with Crippen LogP contribution in [0.3, 0.4) is 0 Å². The van der Waals surface area contributed by atoms with Crippen LogP contribution in [0.2, 0.25) is 0 Å². The number of hydrogen-bond donors (Lipinski definition) is 2. The average Bonchev–Trinajstić information content (AvgIpc) is 2.62. The lowest BCUT2D eigenvalue weighted by Gasteiger charge is -2.37. The molecular weight excluding hydrogens is 310 g/mol. The van der Waals surface area contributed by atoms with Gasteiger partial charge in [-0.2, -0.15) is 9.97 Å². The molecule has 5 heteroatoms. The van der Waals surface area contributed by atoms with E-state index in [-0.39, 0.29) is 11.4 Å². The summed E-state index contributed by atoms with van der Waals surface area (Å²) in [6.07, 6.45) is 5.91. The molecule has 0 bridgehead atoms. The van der Waals surface area contributed by atoms with E-state index in [9.17, 15) is 0 Å². The first-order valence-corrected chi connectivity index (χ1v) is 8.86. The van der Waals surface area contributed by atoms with Gasteiger partial charge in [0.2, 0.25) is 5.95 Å². The zero-order valence-corrected chi connectivity index (χ0v) is 14.5. The van der Waals surface area contributed by atoms with Crippen LogP contribution >= 0.6 is 0 Å². The molecule has 128 valence electrons. The zero-order chi connectivity index (χ0) is 17.4. The molecular formula is C20H23N5. The van der Waals surface area contributed by atoms with E-state index in [0.717, 1.165) is 29.5 Å². The van der Waals surface area contributed by atoms with Crippen molar-refractivity contribution < 1.29 is 0 Å². The molecule has 1 fully saturated rings. The maximum atomic E-state index is 6.06. The van der Waals surface area contributed by atoms with Gasteiger partial charge in [0.05, 0.1) is 11.1 Å². The molecule has 1 saturated carbocycles. The smallest absolute Gasteiger partial charge is 0.224 e. The topological polar surface area (TPSA) is 90.7 Å². The molecule has 25 heavy (non-hydrogen) atoms. The van der Waals surface area contributed by atoms with Crippen LogP contribution in [0.1, 0.15) is 48.9 Å². The molecule has 0 saturated heterocycles. The zero-order valence-electron chi connectivity index (χ0n) is 14.5. The first-order chi connectivity index (χ1) is 12.1. The van der Waals surface area contributed by atoms with Gasteiger partial charge in [-0.3, -0.25) is 0 Å². The predicted octanol–water partition coefficient (Wildman–Crippen LogP) is 3.75. The Balaban J connectivity index is 1.97. The minimum absolute atomic E-state index is 0.0626. The summed E-state index contributed by atoms with van der Waals surface area (Å²) in [4.78, 5) is 13.4. The third kappa shape index (κ3) is 2.60. The Labute approximate surface area is 147 Å². The lowest BCUT2D eigenvalue weighted by molar-refractivity contribution is 0.339. The van der Waals surface area contributed by atoms with Crippen molar-refractivity contribution in [1.29, 1.82) is 0 Å². The summed E-state index contributed by atoms with van der Waals surface area (Å²) >= 11 is 0. The molecule has 0 atom stereocenters. The van der Waals surface area contributed by atoms with Crippen molar-refractivity contribution in [2.45, 2.75) is 44.4 Å². The number of aryl methyl sites for hydroxylation is 1. The maximum absolute atomic E-state index is 6.06. The van der Waals surface area contributed by atoms with E-state index in [1.54, 1.807) is 0 Å². The van der Waals surface area contributed by atoms with E-state index in [0.29, 0.717) is 11.5 Å². The first-order valence-electron chi connectivity index (χ1n) is 8.86. The van der Waals surface area contributed by atoms with Gasteiger partial charge in [-0.1, -0.05) is 49.6 Å². The predicted molar refractivity (Wildman–Crippen MR) is 101 cm³/mol. The molecule has 4 rings (SSSR count). The van der Waals surface area contributed by atoms with Gasteiger partial charge in [0.15, 0.2) is 5.65 Å². The van der Waals surface area contributed by atoms with Crippen molar-refractivity contribution >= 4 is 22.8 Å². The van der Waals surface area contributed by atoms with Crippen LogP contribution < -0.4 is 11.5 Å². The van der Waals surface area contributed by atoms with Gasteiger partial charge in [0.1, 0.15) is 5.82 Å². The van der Waals surface area contributed by atoms with E-state index >= 15 is 0 Å². The Hall–Kier alpha value is -2.69. The van der Waals surface area contributed by atoms with Crippen LogP contribution in [0.5, 0.6) is 0 Å². The molecule has 2 aromatic heterocycles. The summed E-state index contributed by atoms with van der Waals surface area (Å²) in [6, 6.07) is 12.9. The normalized spacial score (nSPS) is 16.8. The van der Waals surface area contributed by atoms with Gasteiger partial charge >= 0.3 is 0 Å². The number of hydrogen-bond acceptors (Lipinski definition) is 5. The molecule has 0 spiro atoms. The molecule has 0 radical (unpaired) electrons. The fraction of sp³-hybridized carbons (Fsp3) is 0.350. The molecule has 1 aromatic carbocycles. The van der Waals surface area contributed by atoms with E-state index < -0.39 is 0 Å². The van der Waals surface area contributed by atoms with Crippen molar-refractivity contribution in [2.75, 3.05) is 11.5 Å². The molecule has 0 aliphatic heterocycles. The SMILES string of the molecule is Cc1cc(C2(c3ccccc3)CCCCC2)nc2nc(N)nc(N)c12. The summed E-state index contributed by atoms with van der Waals surface area (Å²) in [7, 11) is 0. The van der Waals surface area contributed by atoms with Gasteiger partial charge in [-0.25, -0.2) is 4.98 Å². The number of anilines is 2. The number of nitrogens with zero attached hydrogens (tertiary/aromatic N) is 3. The van der Waals surface area contributed by atoms with Crippen LogP contribution in [0.15, 0.2) is 36.4 Å². The molecule has 5 nitrogen and oxygen atoms in total. The van der Waals surface area contributed by atoms with Crippen molar-refractivity contribution in [3.05, 3.63) is 53.2 Å². The number of nitrogen functional groups attached to an aromatic ring is 2. The number of nitrogens with two attached hydrogens (primary N) is 2. The van der Waals surface area contributed by atoms with E-state index in [4.69, 9.17) is 16.5 Å². The minimum atomic E-state index is -0.0626. The highest BCUT2D eigenvalue weighted by atomic mass is 15.1. The van der Waals surface area contributed by atoms with E-state index in [1.807, 2.05) is 6.92 Å². The van der Waals surface area contributed by atoms with Crippen LogP contribution in [-0.2, 0) is 5.41 Å². The lowest BCUT2D eigenvalue weighted by Crippen LogP contribution is -2.31. The summed E-state index contributed by atoms with van der Waals surface area (Å²) in [5, 5.41) is 0.803. The molecule has 1 aliphatic carbocycles. The summed E-state index contributed by atoms with van der Waals surface area (Å²) in [5.41, 5.74) is 15.9. The monoisotopic (exact) mass is 333 g/mol. The number of benzene rings is 1. The third-order valence-electron chi connectivity index (χ3n) is 5.43. The fourth-order valence-electron chi connectivity index (χ4n) is 4.22. The number of fused-ring (bicyclic) bond motifs is 1. The van der Waals surface area contributed by atoms with Gasteiger partial charge in [-0.15, -0.1) is 0 Å². The van der Waals surface area contributed by atoms with Gasteiger partial charge in [0.25, 0.3) is 0 Å². The molecule has 0 amide bonds. The Morgan fingerprint density at radius 3 is 2.36 bits per heavy atom. The highest BCUT2D eigenvalue weighted by Gasteiger charge is 2.37. The highest BCUT2D eigenvalue weighted by molar-refractivity contribution is 5.89. The van der Waals surface area contributed by atoms with E-state index in [1.165, 1.54) is 24.8 Å². The largest absolute Gasteiger partial charge is 0.383 e. The maximum Gasteiger partial charge on any atom is 0.224 e. The lowest BCUT2D eigenvalue weighted by atomic mass is 9.67. The first kappa shape index (κ1) is 15.8. The number of aromatic nitrogens is 3. The van der Waals surface area contributed by atoms with Crippen LogP contribution in [0.4, 0.5) is 11.8 Å². The molecule has 4 N–H and O–H groups in total. The molecule has 2 heterocycles. The standard InChI is InChI=1S/C20H23N5/c1-13-12-15(23-18-16(13)17(21)24-19(22)25-18)20(10-6-3-7-11-20)14-8-4-2-5-9-14/h2,4-5,8-9,12H,3,6-7,10-11H2,1H3,(H4,21,22,23,24,25). The van der Waals surface area contributed by atoms with Crippen molar-refractivity contribution in [1.82, 2.24) is 15.0 Å². The summed E-state index contributed by atoms with van der Waals surface area (Å²) in [5.74, 6) is 0.572. The molecule has 0 unspecified atom stereocenters. The van der Waals surface area contributed by atoms with Crippen molar-refractivity contribution in [3.63, 3.8) is 0 Å². The van der Waals surface area contributed by atoms with Crippen LogP contribution in [-0.4, -0.2) is 15.0 Å². The summed E-state index contributed by atoms with van der Waals surface area (Å²) in [6.45, 7) is 2.05. The average molecular weight is 333 g/mol. The fourth-order valence-corrected chi connectivity index (χ4v) is 4.22. The minimum Gasteiger partial charge on any atom is -0.383 e. The quantitative estimate of drug-likeness (QED) is 0.745. The second kappa shape index (κ2) is 5.99. The summed E-state index contributed by atoms with van der Waals surface area (Å²) < 4.78 is 0. The Morgan fingerprint density at radius 2 is 1.64 bits per heavy atom. The Morgan fingerprint density at radius 1 is 0.920 bits per heavy atom. The third-order valence-corrected chi connectivity index (χ3v) is 5.43. The number of pyridine rings is 1. The second-order valence-corrected chi connectivity index (χ2v) is 7.00. The van der Waals surface area contributed by atoms with Crippen LogP contribution in [0, 0.1) is 6.92 Å². The molecule has 1 aliphatic rings. The Bertz CT molecular complexity index is 914. The van der Waals surface area contributed by atoms with Crippen molar-refractivity contribution in [3.8, 4) is 0 Å². The highest BCUT2D eigenvalue weighted by Crippen LogP contribution is 2.44. The second-order valence-electron chi connectivity index (χ2n) is 7.00. The van der Waals surface area contributed by atoms with Crippen molar-refractivity contribution in [2.24, 2.45) is 0 Å². The van der Waals surface area contributed by atoms with Gasteiger partial charge in [0, 0.05) is 5.41 Å². The van der Waals surface area contributed by atoms with Gasteiger partial charge < -0.3 is 11.5 Å². The van der Waals surface area contributed by atoms with E-state index in [2.05, 4.69) is 46.4 Å². The van der Waals surface area contributed by atoms with Crippen LogP contribution in [0.25, 0.3) is 11.0 Å². The molecule has 3 aromatic rings. The number of rotatable bonds is 2. The van der Waals surface area contributed by atoms with Gasteiger partial charge in [-0.05, 0) is 37.0 Å².